The van der Waals surface area contributed by atoms with Crippen LogP contribution in [0.3, 0.4) is 0 Å². The van der Waals surface area contributed by atoms with E-state index in [4.69, 9.17) is 0 Å². The van der Waals surface area contributed by atoms with Crippen LogP contribution in [0.4, 0.5) is 17.1 Å². The smallest absolute Gasteiger partial charge is 0.0782 e. The molecule has 0 unspecified atom stereocenters. The van der Waals surface area contributed by atoms with Crippen molar-refractivity contribution < 1.29 is 0 Å². The lowest BCUT2D eigenvalue weighted by molar-refractivity contribution is 0.563. The van der Waals surface area contributed by atoms with Crippen molar-refractivity contribution in [2.24, 2.45) is 0 Å². The first-order chi connectivity index (χ1) is 33.0. The van der Waals surface area contributed by atoms with Gasteiger partial charge in [-0.25, -0.2) is 0 Å². The zero-order chi connectivity index (χ0) is 44.2. The second-order valence-electron chi connectivity index (χ2n) is 19.1. The molecule has 0 bridgehead atoms. The molecule has 0 radical (unpaired) electrons. The van der Waals surface area contributed by atoms with Gasteiger partial charge in [-0.2, -0.15) is 0 Å². The Labute approximate surface area is 393 Å². The Morgan fingerprint density at radius 3 is 1.76 bits per heavy atom. The predicted octanol–water partition coefficient (Wildman–Crippen LogP) is 17.3. The summed E-state index contributed by atoms with van der Waals surface area (Å²) in [5, 5.41) is 5.11. The first kappa shape index (κ1) is 37.3. The first-order valence-electron chi connectivity index (χ1n) is 23.4. The van der Waals surface area contributed by atoms with Gasteiger partial charge in [-0.3, -0.25) is 0 Å². The molecule has 10 aromatic carbocycles. The van der Waals surface area contributed by atoms with Crippen molar-refractivity contribution in [3.8, 4) is 39.1 Å². The summed E-state index contributed by atoms with van der Waals surface area (Å²) in [6, 6.07) is 82.5. The minimum atomic E-state index is -0.500. The van der Waals surface area contributed by atoms with Gasteiger partial charge < -0.3 is 9.47 Å². The van der Waals surface area contributed by atoms with Crippen LogP contribution in [0.25, 0.3) is 81.0 Å². The summed E-state index contributed by atoms with van der Waals surface area (Å²) in [7, 11) is 0. The van der Waals surface area contributed by atoms with E-state index in [0.717, 1.165) is 17.1 Å². The average Bonchev–Trinajstić information content (AvgIpc) is 4.00. The van der Waals surface area contributed by atoms with Crippen molar-refractivity contribution in [1.82, 2.24) is 4.57 Å². The van der Waals surface area contributed by atoms with Crippen molar-refractivity contribution >= 4 is 70.4 Å². The fraction of sp³-hybridized carbons (Fsp3) is 0.0625. The lowest BCUT2D eigenvalue weighted by atomic mass is 9.55. The van der Waals surface area contributed by atoms with Crippen LogP contribution in [0.15, 0.2) is 218 Å². The zero-order valence-corrected chi connectivity index (χ0v) is 37.9. The van der Waals surface area contributed by atoms with Crippen molar-refractivity contribution in [3.63, 3.8) is 0 Å². The summed E-state index contributed by atoms with van der Waals surface area (Å²) in [4.78, 5) is 2.51. The van der Waals surface area contributed by atoms with Gasteiger partial charge in [0.1, 0.15) is 0 Å². The molecular formula is C64H42N2S. The molecule has 2 nitrogen and oxygen atoms in total. The van der Waals surface area contributed by atoms with Crippen LogP contribution in [-0.2, 0) is 10.8 Å². The van der Waals surface area contributed by atoms with Gasteiger partial charge in [0.2, 0.25) is 0 Å². The van der Waals surface area contributed by atoms with Crippen molar-refractivity contribution in [2.75, 3.05) is 4.90 Å². The minimum Gasteiger partial charge on any atom is -0.308 e. The van der Waals surface area contributed by atoms with E-state index >= 15 is 0 Å². The lowest BCUT2D eigenvalue weighted by Gasteiger charge is -2.46. The maximum absolute atomic E-state index is 2.64. The maximum atomic E-state index is 2.64. The number of hydrogen-bond donors (Lipinski definition) is 0. The van der Waals surface area contributed by atoms with Crippen molar-refractivity contribution in [3.05, 3.63) is 252 Å². The van der Waals surface area contributed by atoms with E-state index < -0.39 is 5.41 Å². The van der Waals surface area contributed by atoms with Crippen LogP contribution in [-0.4, -0.2) is 4.57 Å². The highest BCUT2D eigenvalue weighted by Gasteiger charge is 2.55. The molecule has 314 valence electrons. The van der Waals surface area contributed by atoms with Gasteiger partial charge in [-0.1, -0.05) is 190 Å². The van der Waals surface area contributed by atoms with Gasteiger partial charge in [-0.05, 0) is 98.1 Å². The maximum Gasteiger partial charge on any atom is 0.0782 e. The molecule has 3 heterocycles. The number of nitrogens with zero attached hydrogens (tertiary/aromatic N) is 2. The third-order valence-electron chi connectivity index (χ3n) is 15.6. The molecule has 0 atom stereocenters. The third kappa shape index (κ3) is 4.74. The number of rotatable bonds is 4. The molecule has 3 heteroatoms. The van der Waals surface area contributed by atoms with Crippen LogP contribution in [0.1, 0.15) is 47.2 Å². The zero-order valence-electron chi connectivity index (χ0n) is 37.1. The lowest BCUT2D eigenvalue weighted by Crippen LogP contribution is -2.40. The van der Waals surface area contributed by atoms with Crippen LogP contribution >= 0.6 is 11.3 Å². The topological polar surface area (TPSA) is 8.17 Å². The summed E-state index contributed by atoms with van der Waals surface area (Å²) in [5.41, 5.74) is 22.3. The molecular weight excluding hydrogens is 829 g/mol. The second kappa shape index (κ2) is 13.3. The van der Waals surface area contributed by atoms with E-state index in [1.807, 2.05) is 11.3 Å². The van der Waals surface area contributed by atoms with Gasteiger partial charge in [0, 0.05) is 58.9 Å². The molecule has 0 saturated carbocycles. The minimum absolute atomic E-state index is 0.169. The highest BCUT2D eigenvalue weighted by Crippen LogP contribution is 2.66. The number of para-hydroxylation sites is 2. The molecule has 0 fully saturated rings. The Hall–Kier alpha value is -7.98. The summed E-state index contributed by atoms with van der Waals surface area (Å²) in [6.45, 7) is 4.82. The molecule has 0 amide bonds. The Morgan fingerprint density at radius 2 is 0.955 bits per heavy atom. The van der Waals surface area contributed by atoms with Crippen LogP contribution < -0.4 is 4.90 Å². The Bertz CT molecular complexity index is 4020. The number of thiophene rings is 1. The highest BCUT2D eigenvalue weighted by atomic mass is 32.1. The van der Waals surface area contributed by atoms with Gasteiger partial charge in [-0.15, -0.1) is 11.3 Å². The van der Waals surface area contributed by atoms with E-state index in [9.17, 15) is 0 Å². The monoisotopic (exact) mass is 870 g/mol. The SMILES string of the molecule is CC1(C)c2ccccc2C2(c3ccccc31)c1cccc3c1-c1c2ccc2c4cccc(N(c5ccc(-c6ccccc6)cc5)c5ccc6c(c5)sc5ccccc56)c4n(c12)-c1ccccc1-3. The molecule has 3 aliphatic rings. The van der Waals surface area contributed by atoms with Crippen LogP contribution in [0.5, 0.6) is 0 Å². The van der Waals surface area contributed by atoms with Crippen molar-refractivity contribution in [2.45, 2.75) is 24.7 Å². The molecule has 2 aromatic heterocycles. The van der Waals surface area contributed by atoms with Gasteiger partial charge >= 0.3 is 0 Å². The van der Waals surface area contributed by atoms with Gasteiger partial charge in [0.05, 0.1) is 27.8 Å². The fourth-order valence-electron chi connectivity index (χ4n) is 12.8. The molecule has 2 aliphatic carbocycles. The van der Waals surface area contributed by atoms with Gasteiger partial charge in [0.25, 0.3) is 0 Å². The van der Waals surface area contributed by atoms with E-state index in [1.54, 1.807) is 0 Å². The number of benzene rings is 10. The van der Waals surface area contributed by atoms with Crippen LogP contribution in [0.2, 0.25) is 0 Å². The largest absolute Gasteiger partial charge is 0.308 e. The Kier molecular flexibility index (Phi) is 7.41. The molecule has 12 aromatic rings. The summed E-state index contributed by atoms with van der Waals surface area (Å²) < 4.78 is 5.23. The fourth-order valence-corrected chi connectivity index (χ4v) is 14.0. The Morgan fingerprint density at radius 1 is 0.388 bits per heavy atom. The molecule has 67 heavy (non-hydrogen) atoms. The third-order valence-corrected chi connectivity index (χ3v) is 16.7. The van der Waals surface area contributed by atoms with Gasteiger partial charge in [0.15, 0.2) is 0 Å². The van der Waals surface area contributed by atoms with E-state index in [1.165, 1.54) is 114 Å². The predicted molar refractivity (Wildman–Crippen MR) is 282 cm³/mol. The van der Waals surface area contributed by atoms with Crippen molar-refractivity contribution in [1.29, 1.82) is 0 Å². The van der Waals surface area contributed by atoms with E-state index in [-0.39, 0.29) is 5.41 Å². The quantitative estimate of drug-likeness (QED) is 0.171. The van der Waals surface area contributed by atoms with E-state index in [2.05, 4.69) is 242 Å². The van der Waals surface area contributed by atoms with Crippen LogP contribution in [0, 0.1) is 0 Å². The highest BCUT2D eigenvalue weighted by molar-refractivity contribution is 7.25. The average molecular weight is 871 g/mol. The molecule has 0 N–H and O–H groups in total. The number of hydrogen-bond acceptors (Lipinski definition) is 2. The summed E-state index contributed by atoms with van der Waals surface area (Å²) >= 11 is 1.87. The standard InChI is InChI=1S/C64H42N2S/c1-63(2)49-22-8-10-24-51(49)64(52-25-11-9-23-50(52)63)53-26-14-20-46-43-18-6-12-27-55(43)66-61-47(48-36-37-54(64)60(59(46)53)62(48)66)21-15-28-56(61)65(41-32-30-40(31-33-41)39-16-4-3-5-17-39)42-34-35-45-44-19-7-13-29-57(44)67-58(45)38-42/h3-38H,1-2H3. The second-order valence-corrected chi connectivity index (χ2v) is 20.2. The molecule has 1 aliphatic heterocycles. The normalized spacial score (nSPS) is 14.4. The Balaban J connectivity index is 1.07. The first-order valence-corrected chi connectivity index (χ1v) is 24.2. The molecule has 0 saturated heterocycles. The molecule has 15 rings (SSSR count). The number of fused-ring (bicyclic) bond motifs is 15. The summed E-state index contributed by atoms with van der Waals surface area (Å²) in [6.07, 6.45) is 0. The summed E-state index contributed by atoms with van der Waals surface area (Å²) in [5.74, 6) is 0. The van der Waals surface area contributed by atoms with E-state index in [0.29, 0.717) is 0 Å². The number of aromatic nitrogens is 1. The number of anilines is 3. The molecule has 1 spiro atoms.